The number of hydrogen-bond acceptors (Lipinski definition) is 4. The van der Waals surface area contributed by atoms with Gasteiger partial charge in [0.25, 0.3) is 0 Å². The van der Waals surface area contributed by atoms with Gasteiger partial charge < -0.3 is 10.4 Å². The molecule has 2 atom stereocenters. The zero-order valence-corrected chi connectivity index (χ0v) is 15.9. The molecule has 0 saturated carbocycles. The van der Waals surface area contributed by atoms with Gasteiger partial charge in [-0.2, -0.15) is 0 Å². The number of aliphatic hydroxyl groups is 1. The number of halogens is 1. The summed E-state index contributed by atoms with van der Waals surface area (Å²) >= 11 is 5.90. The second-order valence-electron chi connectivity index (χ2n) is 6.92. The first-order chi connectivity index (χ1) is 13.0. The lowest BCUT2D eigenvalue weighted by molar-refractivity contribution is -0.132. The normalized spacial score (nSPS) is 17.8. The molecule has 0 bridgehead atoms. The lowest BCUT2D eigenvalue weighted by Crippen LogP contribution is -2.53. The van der Waals surface area contributed by atoms with Crippen LogP contribution in [0.3, 0.4) is 0 Å². The number of carbonyl (C=O) groups is 2. The summed E-state index contributed by atoms with van der Waals surface area (Å²) in [5.74, 6) is -0.607. The Morgan fingerprint density at radius 3 is 2.52 bits per heavy atom. The second-order valence-corrected chi connectivity index (χ2v) is 7.36. The molecule has 2 unspecified atom stereocenters. The van der Waals surface area contributed by atoms with Crippen molar-refractivity contribution in [3.05, 3.63) is 70.2 Å². The van der Waals surface area contributed by atoms with Gasteiger partial charge in [-0.1, -0.05) is 48.0 Å². The van der Waals surface area contributed by atoms with Gasteiger partial charge >= 0.3 is 0 Å². The van der Waals surface area contributed by atoms with Crippen molar-refractivity contribution in [3.63, 3.8) is 0 Å². The van der Waals surface area contributed by atoms with Crippen LogP contribution < -0.4 is 5.32 Å². The number of fused-ring (bicyclic) bond motifs is 1. The Hall–Kier alpha value is -2.21. The van der Waals surface area contributed by atoms with Crippen LogP contribution >= 0.6 is 11.6 Å². The van der Waals surface area contributed by atoms with E-state index < -0.39 is 18.4 Å². The topological polar surface area (TPSA) is 69.6 Å². The predicted molar refractivity (Wildman–Crippen MR) is 105 cm³/mol. The van der Waals surface area contributed by atoms with E-state index in [0.717, 1.165) is 11.1 Å². The maximum Gasteiger partial charge on any atom is 0.238 e. The van der Waals surface area contributed by atoms with Crippen molar-refractivity contribution in [1.82, 2.24) is 10.2 Å². The molecule has 2 aromatic carbocycles. The van der Waals surface area contributed by atoms with Gasteiger partial charge in [-0.05, 0) is 48.7 Å². The lowest BCUT2D eigenvalue weighted by atomic mass is 9.93. The number of Topliss-reactive ketones (excluding diaryl/α,β-unsaturated/α-hetero) is 1. The average Bonchev–Trinajstić information content (AvgIpc) is 2.67. The molecule has 27 heavy (non-hydrogen) atoms. The van der Waals surface area contributed by atoms with Crippen molar-refractivity contribution in [2.45, 2.75) is 31.5 Å². The van der Waals surface area contributed by atoms with E-state index in [4.69, 9.17) is 11.6 Å². The molecule has 1 aliphatic rings. The highest BCUT2D eigenvalue weighted by Crippen LogP contribution is 2.22. The average molecular weight is 387 g/mol. The molecule has 0 spiro atoms. The summed E-state index contributed by atoms with van der Waals surface area (Å²) in [6, 6.07) is 14.1. The largest absolute Gasteiger partial charge is 0.389 e. The lowest BCUT2D eigenvalue weighted by Gasteiger charge is -2.34. The third-order valence-electron chi connectivity index (χ3n) is 5.00. The Morgan fingerprint density at radius 1 is 1.19 bits per heavy atom. The molecule has 0 aromatic heterocycles. The predicted octanol–water partition coefficient (Wildman–Crippen LogP) is 1.99. The zero-order valence-electron chi connectivity index (χ0n) is 15.2. The molecule has 0 fully saturated rings. The molecule has 2 N–H and O–H groups in total. The molecule has 6 heteroatoms. The summed E-state index contributed by atoms with van der Waals surface area (Å²) in [7, 11) is 1.91. The number of nitrogens with one attached hydrogen (secondary N) is 1. The third-order valence-corrected chi connectivity index (χ3v) is 5.25. The van der Waals surface area contributed by atoms with E-state index in [-0.39, 0.29) is 11.9 Å². The number of hydrogen-bond donors (Lipinski definition) is 2. The molecular weight excluding hydrogens is 364 g/mol. The van der Waals surface area contributed by atoms with Gasteiger partial charge in [-0.3, -0.25) is 14.5 Å². The van der Waals surface area contributed by atoms with Gasteiger partial charge in [-0.25, -0.2) is 0 Å². The van der Waals surface area contributed by atoms with Crippen LogP contribution in [0.15, 0.2) is 48.5 Å². The van der Waals surface area contributed by atoms with E-state index >= 15 is 0 Å². The maximum atomic E-state index is 12.9. The minimum absolute atomic E-state index is 0.201. The van der Waals surface area contributed by atoms with Gasteiger partial charge in [0.2, 0.25) is 5.91 Å². The fourth-order valence-electron chi connectivity index (χ4n) is 3.43. The zero-order chi connectivity index (χ0) is 19.4. The smallest absolute Gasteiger partial charge is 0.238 e. The van der Waals surface area contributed by atoms with Crippen LogP contribution in [0, 0.1) is 0 Å². The number of benzene rings is 2. The fraction of sp³-hybridized carbons (Fsp3) is 0.333. The molecule has 2 aromatic rings. The Morgan fingerprint density at radius 2 is 1.85 bits per heavy atom. The molecular formula is C21H23ClN2O3. The first-order valence-corrected chi connectivity index (χ1v) is 9.31. The maximum absolute atomic E-state index is 12.9. The Bertz CT molecular complexity index is 822. The summed E-state index contributed by atoms with van der Waals surface area (Å²) in [6.07, 6.45) is 0.912. The number of carbonyl (C=O) groups excluding carboxylic acids is 2. The monoisotopic (exact) mass is 386 g/mol. The fourth-order valence-corrected chi connectivity index (χ4v) is 3.55. The molecule has 142 valence electrons. The minimum atomic E-state index is -0.769. The highest BCUT2D eigenvalue weighted by Gasteiger charge is 2.31. The first kappa shape index (κ1) is 19.5. The van der Waals surface area contributed by atoms with E-state index in [9.17, 15) is 14.7 Å². The quantitative estimate of drug-likeness (QED) is 0.796. The van der Waals surface area contributed by atoms with Crippen LogP contribution in [0.1, 0.15) is 16.7 Å². The molecule has 1 heterocycles. The summed E-state index contributed by atoms with van der Waals surface area (Å²) in [5.41, 5.74) is 3.24. The van der Waals surface area contributed by atoms with Gasteiger partial charge in [0.15, 0.2) is 5.78 Å². The summed E-state index contributed by atoms with van der Waals surface area (Å²) in [6.45, 7) is 0.0753. The van der Waals surface area contributed by atoms with Crippen molar-refractivity contribution < 1.29 is 14.7 Å². The number of likely N-dealkylation sites (N-methyl/N-ethyl adjacent to an activating group) is 1. The van der Waals surface area contributed by atoms with E-state index in [1.54, 1.807) is 12.1 Å². The Balaban J connectivity index is 1.72. The highest BCUT2D eigenvalue weighted by molar-refractivity contribution is 6.30. The number of ketones is 1. The van der Waals surface area contributed by atoms with Gasteiger partial charge in [0.05, 0.1) is 12.1 Å². The molecule has 1 aliphatic heterocycles. The SMILES string of the molecule is CN1Cc2ccccc2CC1C(=O)NC(Cc1ccc(Cl)cc1)C(=O)CO. The third kappa shape index (κ3) is 4.75. The molecule has 5 nitrogen and oxygen atoms in total. The van der Waals surface area contributed by atoms with E-state index in [2.05, 4.69) is 11.4 Å². The van der Waals surface area contributed by atoms with Crippen molar-refractivity contribution in [2.75, 3.05) is 13.7 Å². The van der Waals surface area contributed by atoms with Gasteiger partial charge in [-0.15, -0.1) is 0 Å². The summed E-state index contributed by atoms with van der Waals surface area (Å²) in [5, 5.41) is 12.7. The van der Waals surface area contributed by atoms with Crippen molar-refractivity contribution in [3.8, 4) is 0 Å². The summed E-state index contributed by atoms with van der Waals surface area (Å²) in [4.78, 5) is 27.0. The van der Waals surface area contributed by atoms with Crippen molar-refractivity contribution in [2.24, 2.45) is 0 Å². The molecule has 0 radical (unpaired) electrons. The molecule has 0 saturated heterocycles. The van der Waals surface area contributed by atoms with Crippen LogP contribution in [0.25, 0.3) is 0 Å². The second kappa shape index (κ2) is 8.65. The van der Waals surface area contributed by atoms with Crippen LogP contribution in [0.5, 0.6) is 0 Å². The number of aliphatic hydroxyl groups excluding tert-OH is 1. The first-order valence-electron chi connectivity index (χ1n) is 8.93. The van der Waals surface area contributed by atoms with Crippen LogP contribution in [-0.2, 0) is 29.0 Å². The molecule has 3 rings (SSSR count). The van der Waals surface area contributed by atoms with Crippen LogP contribution in [-0.4, -0.2) is 47.4 Å². The summed E-state index contributed by atoms with van der Waals surface area (Å²) < 4.78 is 0. The van der Waals surface area contributed by atoms with E-state index in [1.165, 1.54) is 5.56 Å². The van der Waals surface area contributed by atoms with Crippen LogP contribution in [0.2, 0.25) is 5.02 Å². The number of rotatable bonds is 6. The Labute approximate surface area is 163 Å². The van der Waals surface area contributed by atoms with Crippen molar-refractivity contribution >= 4 is 23.3 Å². The van der Waals surface area contributed by atoms with E-state index in [0.29, 0.717) is 24.4 Å². The molecule has 1 amide bonds. The van der Waals surface area contributed by atoms with Crippen LogP contribution in [0.4, 0.5) is 0 Å². The molecule has 0 aliphatic carbocycles. The Kier molecular flexibility index (Phi) is 6.26. The van der Waals surface area contributed by atoms with E-state index in [1.807, 2.05) is 42.3 Å². The van der Waals surface area contributed by atoms with Gasteiger partial charge in [0, 0.05) is 11.6 Å². The van der Waals surface area contributed by atoms with Gasteiger partial charge in [0.1, 0.15) is 6.61 Å². The minimum Gasteiger partial charge on any atom is -0.389 e. The highest BCUT2D eigenvalue weighted by atomic mass is 35.5. The van der Waals surface area contributed by atoms with Crippen molar-refractivity contribution in [1.29, 1.82) is 0 Å². The standard InChI is InChI=1S/C21H23ClN2O3/c1-24-12-16-5-3-2-4-15(16)11-19(24)21(27)23-18(20(26)13-25)10-14-6-8-17(22)9-7-14/h2-9,18-19,25H,10-13H2,1H3,(H,23,27). The number of amides is 1. The number of nitrogens with zero attached hydrogens (tertiary/aromatic N) is 1.